The highest BCUT2D eigenvalue weighted by molar-refractivity contribution is 6.30. The van der Waals surface area contributed by atoms with Crippen molar-refractivity contribution in [2.75, 3.05) is 11.6 Å². The number of hydrazine groups is 1. The Bertz CT molecular complexity index is 523. The highest BCUT2D eigenvalue weighted by Crippen LogP contribution is 2.24. The Morgan fingerprint density at radius 1 is 1.05 bits per heavy atom. The first kappa shape index (κ1) is 13.9. The summed E-state index contributed by atoms with van der Waals surface area (Å²) in [6.45, 7) is 3.04. The highest BCUT2D eigenvalue weighted by atomic mass is 35.5. The monoisotopic (exact) mass is 274 g/mol. The molecule has 0 fully saturated rings. The zero-order chi connectivity index (χ0) is 13.7. The molecule has 0 aliphatic heterocycles. The fourth-order valence-electron chi connectivity index (χ4n) is 1.97. The third-order valence-electron chi connectivity index (χ3n) is 3.11. The third-order valence-corrected chi connectivity index (χ3v) is 3.34. The van der Waals surface area contributed by atoms with Gasteiger partial charge in [-0.25, -0.2) is 5.84 Å². The number of hydrogen-bond donors (Lipinski definition) is 1. The lowest BCUT2D eigenvalue weighted by Crippen LogP contribution is -2.31. The van der Waals surface area contributed by atoms with Crippen LogP contribution in [0.2, 0.25) is 5.02 Å². The normalized spacial score (nSPS) is 10.5. The predicted octanol–water partition coefficient (Wildman–Crippen LogP) is 4.49. The van der Waals surface area contributed by atoms with Crippen molar-refractivity contribution in [2.24, 2.45) is 5.84 Å². The Labute approximate surface area is 119 Å². The van der Waals surface area contributed by atoms with Gasteiger partial charge < -0.3 is 5.01 Å². The molecule has 0 saturated carbocycles. The Morgan fingerprint density at radius 3 is 2.42 bits per heavy atom. The Balaban J connectivity index is 2.14. The summed E-state index contributed by atoms with van der Waals surface area (Å²) in [6, 6.07) is 16.1. The number of benzene rings is 2. The van der Waals surface area contributed by atoms with Crippen molar-refractivity contribution in [3.8, 4) is 11.1 Å². The topological polar surface area (TPSA) is 29.3 Å². The van der Waals surface area contributed by atoms with E-state index in [0.717, 1.165) is 41.2 Å². The molecule has 0 amide bonds. The van der Waals surface area contributed by atoms with Crippen molar-refractivity contribution in [1.82, 2.24) is 0 Å². The lowest BCUT2D eigenvalue weighted by molar-refractivity contribution is 0.738. The van der Waals surface area contributed by atoms with E-state index in [1.165, 1.54) is 0 Å². The second kappa shape index (κ2) is 6.60. The molecule has 2 nitrogen and oxygen atoms in total. The number of rotatable bonds is 5. The van der Waals surface area contributed by atoms with Gasteiger partial charge in [0, 0.05) is 11.6 Å². The molecule has 3 heteroatoms. The number of anilines is 1. The molecule has 19 heavy (non-hydrogen) atoms. The molecule has 0 aromatic heterocycles. The van der Waals surface area contributed by atoms with Gasteiger partial charge in [-0.15, -0.1) is 0 Å². The molecule has 0 unspecified atom stereocenters. The van der Waals surface area contributed by atoms with E-state index in [0.29, 0.717) is 0 Å². The molecule has 0 bridgehead atoms. The molecule has 0 heterocycles. The van der Waals surface area contributed by atoms with Gasteiger partial charge in [0.25, 0.3) is 0 Å². The Hall–Kier alpha value is -1.51. The summed E-state index contributed by atoms with van der Waals surface area (Å²) in [6.07, 6.45) is 2.25. The molecule has 0 saturated heterocycles. The van der Waals surface area contributed by atoms with E-state index >= 15 is 0 Å². The minimum Gasteiger partial charge on any atom is -0.311 e. The minimum absolute atomic E-state index is 0.755. The summed E-state index contributed by atoms with van der Waals surface area (Å²) in [5, 5.41) is 2.55. The largest absolute Gasteiger partial charge is 0.311 e. The highest BCUT2D eigenvalue weighted by Gasteiger charge is 2.02. The maximum absolute atomic E-state index is 6.01. The summed E-state index contributed by atoms with van der Waals surface area (Å²) in [4.78, 5) is 0. The quantitative estimate of drug-likeness (QED) is 0.643. The summed E-state index contributed by atoms with van der Waals surface area (Å²) in [5.74, 6) is 6.01. The van der Waals surface area contributed by atoms with Crippen molar-refractivity contribution < 1.29 is 0 Å². The molecule has 2 rings (SSSR count). The van der Waals surface area contributed by atoms with E-state index in [1.807, 2.05) is 30.3 Å². The van der Waals surface area contributed by atoms with Gasteiger partial charge in [-0.2, -0.15) is 0 Å². The van der Waals surface area contributed by atoms with Gasteiger partial charge in [-0.05, 0) is 41.8 Å². The first-order valence-electron chi connectivity index (χ1n) is 6.59. The van der Waals surface area contributed by atoms with Crippen molar-refractivity contribution in [3.05, 3.63) is 53.6 Å². The van der Waals surface area contributed by atoms with Crippen LogP contribution in [-0.2, 0) is 0 Å². The fraction of sp³-hybridized carbons (Fsp3) is 0.250. The number of halogens is 1. The summed E-state index contributed by atoms with van der Waals surface area (Å²) < 4.78 is 0. The zero-order valence-electron chi connectivity index (χ0n) is 11.1. The molecule has 2 N–H and O–H groups in total. The second-order valence-corrected chi connectivity index (χ2v) is 5.04. The number of nitrogens with zero attached hydrogens (tertiary/aromatic N) is 1. The molecule has 2 aromatic carbocycles. The van der Waals surface area contributed by atoms with Gasteiger partial charge in [0.2, 0.25) is 0 Å². The molecule has 0 aliphatic carbocycles. The van der Waals surface area contributed by atoms with Crippen LogP contribution in [0.15, 0.2) is 48.5 Å². The van der Waals surface area contributed by atoms with E-state index in [9.17, 15) is 0 Å². The van der Waals surface area contributed by atoms with E-state index < -0.39 is 0 Å². The van der Waals surface area contributed by atoms with Gasteiger partial charge in [-0.3, -0.25) is 0 Å². The maximum atomic E-state index is 6.01. The Kier molecular flexibility index (Phi) is 4.83. The second-order valence-electron chi connectivity index (χ2n) is 4.60. The van der Waals surface area contributed by atoms with Gasteiger partial charge in [0.05, 0.1) is 5.69 Å². The van der Waals surface area contributed by atoms with Crippen LogP contribution in [0, 0.1) is 0 Å². The summed E-state index contributed by atoms with van der Waals surface area (Å²) in [5.41, 5.74) is 3.31. The van der Waals surface area contributed by atoms with E-state index in [-0.39, 0.29) is 0 Å². The summed E-state index contributed by atoms with van der Waals surface area (Å²) >= 11 is 6.01. The molecular weight excluding hydrogens is 256 g/mol. The average Bonchev–Trinajstić information content (AvgIpc) is 2.45. The van der Waals surface area contributed by atoms with Crippen molar-refractivity contribution in [1.29, 1.82) is 0 Å². The van der Waals surface area contributed by atoms with Crippen molar-refractivity contribution in [2.45, 2.75) is 19.8 Å². The number of hydrogen-bond acceptors (Lipinski definition) is 2. The standard InChI is InChI=1S/C16H19ClN2/c1-2-3-11-19(18)16-9-7-13(8-10-16)14-5-4-6-15(17)12-14/h4-10,12H,2-3,11,18H2,1H3. The van der Waals surface area contributed by atoms with Crippen LogP contribution in [-0.4, -0.2) is 6.54 Å². The SMILES string of the molecule is CCCCN(N)c1ccc(-c2cccc(Cl)c2)cc1. The Morgan fingerprint density at radius 2 is 1.79 bits per heavy atom. The van der Waals surface area contributed by atoms with Crippen LogP contribution >= 0.6 is 11.6 Å². The molecule has 0 atom stereocenters. The lowest BCUT2D eigenvalue weighted by Gasteiger charge is -2.18. The van der Waals surface area contributed by atoms with Gasteiger partial charge in [0.1, 0.15) is 0 Å². The molecule has 2 aromatic rings. The maximum Gasteiger partial charge on any atom is 0.0517 e. The lowest BCUT2D eigenvalue weighted by atomic mass is 10.1. The van der Waals surface area contributed by atoms with Crippen LogP contribution in [0.3, 0.4) is 0 Å². The molecule has 100 valence electrons. The number of unbranched alkanes of at least 4 members (excludes halogenated alkanes) is 1. The summed E-state index contributed by atoms with van der Waals surface area (Å²) in [7, 11) is 0. The average molecular weight is 275 g/mol. The van der Waals surface area contributed by atoms with Crippen LogP contribution in [0.25, 0.3) is 11.1 Å². The molecule has 0 radical (unpaired) electrons. The van der Waals surface area contributed by atoms with Crippen LogP contribution < -0.4 is 10.9 Å². The van der Waals surface area contributed by atoms with Crippen LogP contribution in [0.1, 0.15) is 19.8 Å². The van der Waals surface area contributed by atoms with Crippen LogP contribution in [0.4, 0.5) is 5.69 Å². The first-order valence-corrected chi connectivity index (χ1v) is 6.96. The number of nitrogens with two attached hydrogens (primary N) is 1. The van der Waals surface area contributed by atoms with E-state index in [1.54, 1.807) is 5.01 Å². The van der Waals surface area contributed by atoms with Gasteiger partial charge >= 0.3 is 0 Å². The van der Waals surface area contributed by atoms with Gasteiger partial charge in [-0.1, -0.05) is 49.2 Å². The molecular formula is C16H19ClN2. The first-order chi connectivity index (χ1) is 9.20. The van der Waals surface area contributed by atoms with Crippen molar-refractivity contribution in [3.63, 3.8) is 0 Å². The molecule has 0 aliphatic rings. The van der Waals surface area contributed by atoms with Crippen LogP contribution in [0.5, 0.6) is 0 Å². The minimum atomic E-state index is 0.755. The predicted molar refractivity (Wildman–Crippen MR) is 83.3 cm³/mol. The van der Waals surface area contributed by atoms with Gasteiger partial charge in [0.15, 0.2) is 0 Å². The zero-order valence-corrected chi connectivity index (χ0v) is 11.9. The third kappa shape index (κ3) is 3.72. The van der Waals surface area contributed by atoms with Crippen molar-refractivity contribution >= 4 is 17.3 Å². The fourth-order valence-corrected chi connectivity index (χ4v) is 2.16. The van der Waals surface area contributed by atoms with E-state index in [2.05, 4.69) is 25.1 Å². The molecule has 0 spiro atoms. The van der Waals surface area contributed by atoms with E-state index in [4.69, 9.17) is 17.4 Å². The smallest absolute Gasteiger partial charge is 0.0517 e.